The maximum absolute atomic E-state index is 12.2. The average Bonchev–Trinajstić information content (AvgIpc) is 3.02. The maximum atomic E-state index is 12.2. The summed E-state index contributed by atoms with van der Waals surface area (Å²) in [5.41, 5.74) is 6.36. The Balaban J connectivity index is 1.70. The summed E-state index contributed by atoms with van der Waals surface area (Å²) in [5.74, 6) is -0.409. The number of benzene rings is 1. The first kappa shape index (κ1) is 15.6. The fraction of sp³-hybridized carbons (Fsp3) is 0.125. The second kappa shape index (κ2) is 6.88. The fourth-order valence-corrected chi connectivity index (χ4v) is 2.21. The average molecular weight is 326 g/mol. The van der Waals surface area contributed by atoms with Crippen molar-refractivity contribution in [2.24, 2.45) is 5.73 Å². The summed E-state index contributed by atoms with van der Waals surface area (Å²) in [6.45, 7) is 0.270. The smallest absolute Gasteiger partial charge is 0.330 e. The Bertz CT molecular complexity index is 872. The Morgan fingerprint density at radius 2 is 2.12 bits per heavy atom. The van der Waals surface area contributed by atoms with Crippen molar-refractivity contribution in [2.75, 3.05) is 0 Å². The molecule has 1 atom stereocenters. The van der Waals surface area contributed by atoms with Crippen LogP contribution in [-0.4, -0.2) is 33.2 Å². The van der Waals surface area contributed by atoms with Crippen LogP contribution in [0.2, 0.25) is 0 Å². The van der Waals surface area contributed by atoms with Gasteiger partial charge in [-0.2, -0.15) is 4.73 Å². The first-order valence-corrected chi connectivity index (χ1v) is 7.12. The van der Waals surface area contributed by atoms with Crippen molar-refractivity contribution in [3.05, 3.63) is 54.7 Å². The summed E-state index contributed by atoms with van der Waals surface area (Å²) in [7, 11) is 0. The Morgan fingerprint density at radius 1 is 1.29 bits per heavy atom. The van der Waals surface area contributed by atoms with Crippen LogP contribution in [0.15, 0.2) is 49.1 Å². The zero-order valence-corrected chi connectivity index (χ0v) is 12.5. The molecule has 0 aliphatic heterocycles. The SMILES string of the molecule is N[C@@H](Cc1cn(OC=O)cn1)C(=O)Oc1nccc2ccccc12. The van der Waals surface area contributed by atoms with Gasteiger partial charge in [-0.25, -0.2) is 14.8 Å². The first-order chi connectivity index (χ1) is 11.7. The minimum Gasteiger partial charge on any atom is -0.406 e. The number of nitrogens with zero attached hydrogens (tertiary/aromatic N) is 3. The van der Waals surface area contributed by atoms with Crippen LogP contribution in [-0.2, 0) is 16.0 Å². The minimum absolute atomic E-state index is 0.138. The molecule has 1 aromatic carbocycles. The lowest BCUT2D eigenvalue weighted by Crippen LogP contribution is -2.36. The second-order valence-electron chi connectivity index (χ2n) is 5.00. The summed E-state index contributed by atoms with van der Waals surface area (Å²) in [4.78, 5) is 35.1. The monoisotopic (exact) mass is 326 g/mol. The van der Waals surface area contributed by atoms with E-state index in [2.05, 4.69) is 14.8 Å². The lowest BCUT2D eigenvalue weighted by Gasteiger charge is -2.10. The quantitative estimate of drug-likeness (QED) is 0.518. The van der Waals surface area contributed by atoms with Crippen LogP contribution in [0.25, 0.3) is 10.8 Å². The van der Waals surface area contributed by atoms with Crippen LogP contribution in [0, 0.1) is 0 Å². The number of aromatic nitrogens is 3. The van der Waals surface area contributed by atoms with Gasteiger partial charge in [-0.1, -0.05) is 18.2 Å². The maximum Gasteiger partial charge on any atom is 0.330 e. The van der Waals surface area contributed by atoms with Gasteiger partial charge in [-0.05, 0) is 17.5 Å². The highest BCUT2D eigenvalue weighted by Crippen LogP contribution is 2.22. The van der Waals surface area contributed by atoms with Gasteiger partial charge in [-0.15, -0.1) is 0 Å². The van der Waals surface area contributed by atoms with Crippen molar-refractivity contribution in [2.45, 2.75) is 12.5 Å². The van der Waals surface area contributed by atoms with Crippen LogP contribution in [0.5, 0.6) is 5.88 Å². The van der Waals surface area contributed by atoms with E-state index < -0.39 is 12.0 Å². The molecule has 2 aromatic heterocycles. The largest absolute Gasteiger partial charge is 0.406 e. The molecular weight excluding hydrogens is 312 g/mol. The third-order valence-corrected chi connectivity index (χ3v) is 3.34. The van der Waals surface area contributed by atoms with E-state index in [-0.39, 0.29) is 18.8 Å². The zero-order valence-electron chi connectivity index (χ0n) is 12.5. The number of nitrogens with two attached hydrogens (primary N) is 1. The molecule has 0 aliphatic rings. The van der Waals surface area contributed by atoms with Gasteiger partial charge in [0.1, 0.15) is 12.4 Å². The molecule has 0 radical (unpaired) electrons. The Hall–Kier alpha value is -3.26. The number of esters is 1. The van der Waals surface area contributed by atoms with Crippen LogP contribution in [0.3, 0.4) is 0 Å². The number of ether oxygens (including phenoxy) is 1. The van der Waals surface area contributed by atoms with Crippen molar-refractivity contribution in [1.82, 2.24) is 14.7 Å². The minimum atomic E-state index is -0.926. The van der Waals surface area contributed by atoms with Crippen molar-refractivity contribution in [3.8, 4) is 5.88 Å². The Morgan fingerprint density at radius 3 is 2.96 bits per heavy atom. The molecule has 0 amide bonds. The number of fused-ring (bicyclic) bond motifs is 1. The second-order valence-corrected chi connectivity index (χ2v) is 5.00. The molecule has 3 rings (SSSR count). The van der Waals surface area contributed by atoms with Crippen LogP contribution < -0.4 is 15.3 Å². The highest BCUT2D eigenvalue weighted by Gasteiger charge is 2.19. The van der Waals surface area contributed by atoms with E-state index in [4.69, 9.17) is 10.5 Å². The Labute approximate surface area is 136 Å². The topological polar surface area (TPSA) is 109 Å². The standard InChI is InChI=1S/C16H14N4O4/c17-14(7-12-8-20(9-19-12)23-10-21)16(22)24-15-13-4-2-1-3-11(13)5-6-18-15/h1-6,8-10,14H,7,17H2/t14-/m0/s1. The molecule has 0 bridgehead atoms. The number of carbonyl (C=O) groups is 2. The zero-order chi connectivity index (χ0) is 16.9. The van der Waals surface area contributed by atoms with Crippen molar-refractivity contribution >= 4 is 23.2 Å². The van der Waals surface area contributed by atoms with E-state index in [0.717, 1.165) is 15.5 Å². The molecule has 2 N–H and O–H groups in total. The van der Waals surface area contributed by atoms with Crippen LogP contribution in [0.4, 0.5) is 0 Å². The summed E-state index contributed by atoms with van der Waals surface area (Å²) >= 11 is 0. The van der Waals surface area contributed by atoms with Gasteiger partial charge >= 0.3 is 12.4 Å². The Kier molecular flexibility index (Phi) is 4.48. The molecule has 0 unspecified atom stereocenters. The highest BCUT2D eigenvalue weighted by atomic mass is 16.7. The molecule has 24 heavy (non-hydrogen) atoms. The summed E-state index contributed by atoms with van der Waals surface area (Å²) < 4.78 is 6.44. The van der Waals surface area contributed by atoms with Gasteiger partial charge in [0, 0.05) is 18.0 Å². The lowest BCUT2D eigenvalue weighted by atomic mass is 10.1. The number of carbonyl (C=O) groups excluding carboxylic acids is 2. The predicted molar refractivity (Wildman–Crippen MR) is 83.9 cm³/mol. The summed E-state index contributed by atoms with van der Waals surface area (Å²) in [6, 6.07) is 8.33. The van der Waals surface area contributed by atoms with Gasteiger partial charge in [-0.3, -0.25) is 4.79 Å². The molecule has 8 heteroatoms. The third kappa shape index (κ3) is 3.39. The van der Waals surface area contributed by atoms with E-state index >= 15 is 0 Å². The number of pyridine rings is 1. The van der Waals surface area contributed by atoms with Gasteiger partial charge in [0.2, 0.25) is 5.88 Å². The number of imidazole rings is 1. The molecule has 8 nitrogen and oxygen atoms in total. The van der Waals surface area contributed by atoms with E-state index in [0.29, 0.717) is 5.69 Å². The molecule has 2 heterocycles. The third-order valence-electron chi connectivity index (χ3n) is 3.34. The van der Waals surface area contributed by atoms with E-state index in [1.165, 1.54) is 12.5 Å². The van der Waals surface area contributed by atoms with E-state index in [1.807, 2.05) is 30.3 Å². The molecule has 0 fully saturated rings. The summed E-state index contributed by atoms with van der Waals surface area (Å²) in [6.07, 6.45) is 4.46. The number of hydrogen-bond donors (Lipinski definition) is 1. The van der Waals surface area contributed by atoms with Crippen molar-refractivity contribution in [1.29, 1.82) is 0 Å². The predicted octanol–water partition coefficient (Wildman–Crippen LogP) is 0.492. The normalized spacial score (nSPS) is 11.9. The van der Waals surface area contributed by atoms with E-state index in [1.54, 1.807) is 6.20 Å². The van der Waals surface area contributed by atoms with Crippen LogP contribution in [0.1, 0.15) is 5.69 Å². The number of hydrogen-bond acceptors (Lipinski definition) is 7. The van der Waals surface area contributed by atoms with Crippen LogP contribution >= 0.6 is 0 Å². The van der Waals surface area contributed by atoms with Gasteiger partial charge in [0.25, 0.3) is 0 Å². The van der Waals surface area contributed by atoms with Gasteiger partial charge in [0.05, 0.1) is 11.9 Å². The molecule has 0 saturated heterocycles. The molecule has 3 aromatic rings. The summed E-state index contributed by atoms with van der Waals surface area (Å²) in [5, 5.41) is 1.64. The molecule has 0 spiro atoms. The highest BCUT2D eigenvalue weighted by molar-refractivity contribution is 5.89. The molecule has 122 valence electrons. The van der Waals surface area contributed by atoms with Crippen molar-refractivity contribution < 1.29 is 19.2 Å². The van der Waals surface area contributed by atoms with Gasteiger partial charge in [0.15, 0.2) is 0 Å². The first-order valence-electron chi connectivity index (χ1n) is 7.12. The lowest BCUT2D eigenvalue weighted by molar-refractivity contribution is -0.136. The fourth-order valence-electron chi connectivity index (χ4n) is 2.21. The molecule has 0 aliphatic carbocycles. The van der Waals surface area contributed by atoms with E-state index in [9.17, 15) is 9.59 Å². The molecular formula is C16H14N4O4. The van der Waals surface area contributed by atoms with Gasteiger partial charge < -0.3 is 15.3 Å². The number of rotatable bonds is 6. The molecule has 0 saturated carbocycles. The van der Waals surface area contributed by atoms with Crippen molar-refractivity contribution in [3.63, 3.8) is 0 Å².